The number of benzene rings is 2. The van der Waals surface area contributed by atoms with Gasteiger partial charge in [0.15, 0.2) is 0 Å². The normalized spacial score (nSPS) is 10.3. The summed E-state index contributed by atoms with van der Waals surface area (Å²) in [5.41, 5.74) is 10.0. The van der Waals surface area contributed by atoms with E-state index in [0.29, 0.717) is 10.7 Å². The second-order valence-corrected chi connectivity index (χ2v) is 4.71. The Morgan fingerprint density at radius 2 is 1.79 bits per heavy atom. The number of hydrazine groups is 3. The number of halogens is 1. The van der Waals surface area contributed by atoms with Crippen molar-refractivity contribution in [3.63, 3.8) is 0 Å². The van der Waals surface area contributed by atoms with Crippen molar-refractivity contribution in [3.8, 4) is 0 Å². The van der Waals surface area contributed by atoms with Crippen LogP contribution in [0, 0.1) is 13.8 Å². The highest BCUT2D eigenvalue weighted by Gasteiger charge is 2.06. The summed E-state index contributed by atoms with van der Waals surface area (Å²) in [6.07, 6.45) is 0. The second-order valence-electron chi connectivity index (χ2n) is 4.31. The number of para-hydroxylation sites is 1. The maximum Gasteiger partial charge on any atom is 0.0904 e. The van der Waals surface area contributed by atoms with Crippen molar-refractivity contribution >= 4 is 23.0 Å². The molecule has 0 aliphatic heterocycles. The minimum atomic E-state index is 0.584. The largest absolute Gasteiger partial charge is 0.302 e. The van der Waals surface area contributed by atoms with Gasteiger partial charge in [0.05, 0.1) is 16.4 Å². The zero-order chi connectivity index (χ0) is 13.8. The van der Waals surface area contributed by atoms with Crippen LogP contribution in [0.15, 0.2) is 42.5 Å². The Bertz CT molecular complexity index is 571. The van der Waals surface area contributed by atoms with Crippen LogP contribution in [0.3, 0.4) is 0 Å². The molecule has 0 atom stereocenters. The third-order valence-electron chi connectivity index (χ3n) is 3.03. The average molecular weight is 277 g/mol. The lowest BCUT2D eigenvalue weighted by Crippen LogP contribution is -2.47. The number of nitrogens with one attached hydrogen (secondary N) is 2. The summed E-state index contributed by atoms with van der Waals surface area (Å²) < 4.78 is 0. The molecule has 19 heavy (non-hydrogen) atoms. The Balaban J connectivity index is 2.07. The fourth-order valence-electron chi connectivity index (χ4n) is 1.71. The van der Waals surface area contributed by atoms with Crippen LogP contribution in [-0.4, -0.2) is 0 Å². The third kappa shape index (κ3) is 3.17. The molecule has 0 unspecified atom stereocenters. The van der Waals surface area contributed by atoms with Gasteiger partial charge in [0.25, 0.3) is 0 Å². The van der Waals surface area contributed by atoms with E-state index in [9.17, 15) is 0 Å². The molecular weight excluding hydrogens is 260 g/mol. The highest BCUT2D eigenvalue weighted by atomic mass is 35.5. The van der Waals surface area contributed by atoms with Crippen LogP contribution < -0.4 is 21.9 Å². The second kappa shape index (κ2) is 5.93. The number of aryl methyl sites for hydroxylation is 1. The number of hydrogen-bond acceptors (Lipinski definition) is 4. The molecule has 0 fully saturated rings. The Kier molecular flexibility index (Phi) is 4.27. The summed E-state index contributed by atoms with van der Waals surface area (Å²) in [4.78, 5) is 0. The Morgan fingerprint density at radius 3 is 2.53 bits per heavy atom. The summed E-state index contributed by atoms with van der Waals surface area (Å²) >= 11 is 6.07. The predicted octanol–water partition coefficient (Wildman–Crippen LogP) is 3.17. The smallest absolute Gasteiger partial charge is 0.0904 e. The zero-order valence-corrected chi connectivity index (χ0v) is 11.7. The van der Waals surface area contributed by atoms with Gasteiger partial charge in [0.1, 0.15) is 0 Å². The number of anilines is 2. The molecule has 0 saturated carbocycles. The minimum absolute atomic E-state index is 0.584. The number of rotatable bonds is 4. The first kappa shape index (κ1) is 13.7. The van der Waals surface area contributed by atoms with Gasteiger partial charge in [-0.1, -0.05) is 35.9 Å². The third-order valence-corrected chi connectivity index (χ3v) is 3.35. The van der Waals surface area contributed by atoms with Gasteiger partial charge in [-0.2, -0.15) is 0 Å². The van der Waals surface area contributed by atoms with Gasteiger partial charge in [0, 0.05) is 0 Å². The summed E-state index contributed by atoms with van der Waals surface area (Å²) in [7, 11) is 0. The number of nitrogens with zero attached hydrogens (tertiary/aromatic N) is 1. The van der Waals surface area contributed by atoms with Crippen molar-refractivity contribution < 1.29 is 0 Å². The first-order chi connectivity index (χ1) is 9.09. The first-order valence-corrected chi connectivity index (χ1v) is 6.34. The molecule has 0 aliphatic carbocycles. The number of nitrogens with two attached hydrogens (primary N) is 1. The SMILES string of the molecule is Cc1cccc(NNN(N)c2ccccc2Cl)c1C. The van der Waals surface area contributed by atoms with Crippen molar-refractivity contribution in [1.29, 1.82) is 0 Å². The molecule has 0 amide bonds. The van der Waals surface area contributed by atoms with E-state index in [1.807, 2.05) is 30.3 Å². The molecule has 100 valence electrons. The van der Waals surface area contributed by atoms with Gasteiger partial charge in [-0.25, -0.2) is 11.0 Å². The van der Waals surface area contributed by atoms with Crippen molar-refractivity contribution in [2.45, 2.75) is 13.8 Å². The van der Waals surface area contributed by atoms with Crippen LogP contribution in [0.2, 0.25) is 5.02 Å². The van der Waals surface area contributed by atoms with Gasteiger partial charge in [0.2, 0.25) is 0 Å². The van der Waals surface area contributed by atoms with Crippen LogP contribution in [0.5, 0.6) is 0 Å². The molecule has 5 heteroatoms. The molecule has 2 rings (SSSR count). The fraction of sp³-hybridized carbons (Fsp3) is 0.143. The van der Waals surface area contributed by atoms with E-state index in [2.05, 4.69) is 30.9 Å². The lowest BCUT2D eigenvalue weighted by Gasteiger charge is -2.22. The molecule has 0 saturated heterocycles. The summed E-state index contributed by atoms with van der Waals surface area (Å²) in [5, 5.41) is 1.93. The average Bonchev–Trinajstić information content (AvgIpc) is 2.40. The monoisotopic (exact) mass is 276 g/mol. The van der Waals surface area contributed by atoms with Gasteiger partial charge in [-0.3, -0.25) is 0 Å². The summed E-state index contributed by atoms with van der Waals surface area (Å²) in [6.45, 7) is 4.12. The zero-order valence-electron chi connectivity index (χ0n) is 10.9. The first-order valence-electron chi connectivity index (χ1n) is 5.97. The molecule has 2 aromatic rings. The summed E-state index contributed by atoms with van der Waals surface area (Å²) in [6, 6.07) is 13.4. The highest BCUT2D eigenvalue weighted by Crippen LogP contribution is 2.22. The van der Waals surface area contributed by atoms with Gasteiger partial charge >= 0.3 is 0 Å². The fourth-order valence-corrected chi connectivity index (χ4v) is 1.94. The van der Waals surface area contributed by atoms with E-state index < -0.39 is 0 Å². The molecule has 0 spiro atoms. The van der Waals surface area contributed by atoms with E-state index in [-0.39, 0.29) is 0 Å². The number of hydrogen-bond donors (Lipinski definition) is 3. The Labute approximate surface area is 118 Å². The molecule has 0 heterocycles. The van der Waals surface area contributed by atoms with Crippen LogP contribution in [-0.2, 0) is 0 Å². The minimum Gasteiger partial charge on any atom is -0.302 e. The van der Waals surface area contributed by atoms with E-state index >= 15 is 0 Å². The van der Waals surface area contributed by atoms with Crippen molar-refractivity contribution in [1.82, 2.24) is 5.53 Å². The Morgan fingerprint density at radius 1 is 1.05 bits per heavy atom. The molecule has 0 aliphatic rings. The topological polar surface area (TPSA) is 53.3 Å². The van der Waals surface area contributed by atoms with Crippen molar-refractivity contribution in [2.24, 2.45) is 5.84 Å². The summed E-state index contributed by atoms with van der Waals surface area (Å²) in [5.74, 6) is 5.91. The van der Waals surface area contributed by atoms with Crippen LogP contribution in [0.1, 0.15) is 11.1 Å². The lowest BCUT2D eigenvalue weighted by molar-refractivity contribution is 0.725. The van der Waals surface area contributed by atoms with Crippen LogP contribution >= 0.6 is 11.6 Å². The van der Waals surface area contributed by atoms with E-state index in [1.54, 1.807) is 6.07 Å². The maximum absolute atomic E-state index is 6.07. The van der Waals surface area contributed by atoms with Crippen LogP contribution in [0.25, 0.3) is 0 Å². The van der Waals surface area contributed by atoms with Gasteiger partial charge in [-0.15, -0.1) is 5.53 Å². The molecule has 0 aromatic heterocycles. The van der Waals surface area contributed by atoms with Crippen molar-refractivity contribution in [3.05, 3.63) is 58.6 Å². The maximum atomic E-state index is 6.07. The van der Waals surface area contributed by atoms with E-state index in [0.717, 1.165) is 5.69 Å². The standard InChI is InChI=1S/C14H17ClN4/c1-10-6-5-8-13(11(10)2)17-18-19(16)14-9-4-3-7-12(14)15/h3-9,17-18H,16H2,1-2H3. The lowest BCUT2D eigenvalue weighted by atomic mass is 10.1. The molecule has 0 bridgehead atoms. The molecular formula is C14H17ClN4. The quantitative estimate of drug-likeness (QED) is 0.593. The molecule has 0 radical (unpaired) electrons. The van der Waals surface area contributed by atoms with Crippen molar-refractivity contribution in [2.75, 3.05) is 10.5 Å². The molecule has 4 nitrogen and oxygen atoms in total. The predicted molar refractivity (Wildman–Crippen MR) is 80.8 cm³/mol. The Hall–Kier alpha value is -1.75. The van der Waals surface area contributed by atoms with Crippen LogP contribution in [0.4, 0.5) is 11.4 Å². The highest BCUT2D eigenvalue weighted by molar-refractivity contribution is 6.33. The van der Waals surface area contributed by atoms with Gasteiger partial charge < -0.3 is 5.43 Å². The van der Waals surface area contributed by atoms with E-state index in [1.165, 1.54) is 16.2 Å². The van der Waals surface area contributed by atoms with E-state index in [4.69, 9.17) is 17.4 Å². The molecule has 2 aromatic carbocycles. The van der Waals surface area contributed by atoms with Gasteiger partial charge in [-0.05, 0) is 43.2 Å². The molecule has 4 N–H and O–H groups in total.